The summed E-state index contributed by atoms with van der Waals surface area (Å²) in [4.78, 5) is 15.0. The molecule has 0 saturated carbocycles. The predicted molar refractivity (Wildman–Crippen MR) is 103 cm³/mol. The molecule has 4 heteroatoms. The number of hydrogen-bond donors (Lipinski definition) is 1. The summed E-state index contributed by atoms with van der Waals surface area (Å²) in [5, 5.41) is 3.06. The molecular formula is C21H26N2O2. The standard InChI is InChI=1S/C21H26N2O2/c1-3-16(2)25-18-10-8-9-17(15-18)21(24)22-19-11-4-5-12-20(19)23-13-6-7-14-23/h4-5,8-12,15-16H,3,6-7,13-14H2,1-2H3,(H,22,24). The number of anilines is 2. The van der Waals surface area contributed by atoms with Crippen molar-refractivity contribution in [2.45, 2.75) is 39.2 Å². The number of benzene rings is 2. The van der Waals surface area contributed by atoms with Crippen LogP contribution in [0.2, 0.25) is 0 Å². The van der Waals surface area contributed by atoms with Crippen molar-refractivity contribution in [2.24, 2.45) is 0 Å². The Morgan fingerprint density at radius 2 is 1.92 bits per heavy atom. The van der Waals surface area contributed by atoms with Crippen molar-refractivity contribution in [1.82, 2.24) is 0 Å². The number of amides is 1. The normalized spacial score (nSPS) is 15.0. The number of para-hydroxylation sites is 2. The van der Waals surface area contributed by atoms with Gasteiger partial charge in [-0.3, -0.25) is 4.79 Å². The van der Waals surface area contributed by atoms with Crippen LogP contribution in [0, 0.1) is 0 Å². The van der Waals surface area contributed by atoms with Gasteiger partial charge in [-0.15, -0.1) is 0 Å². The summed E-state index contributed by atoms with van der Waals surface area (Å²) in [6.45, 7) is 6.20. The Hall–Kier alpha value is -2.49. The number of ether oxygens (including phenoxy) is 1. The van der Waals surface area contributed by atoms with Gasteiger partial charge in [-0.25, -0.2) is 0 Å². The van der Waals surface area contributed by atoms with E-state index in [2.05, 4.69) is 23.2 Å². The van der Waals surface area contributed by atoms with Gasteiger partial charge < -0.3 is 15.0 Å². The Balaban J connectivity index is 1.75. The maximum atomic E-state index is 12.7. The smallest absolute Gasteiger partial charge is 0.255 e. The summed E-state index contributed by atoms with van der Waals surface area (Å²) in [6, 6.07) is 15.4. The molecule has 2 aromatic rings. The highest BCUT2D eigenvalue weighted by Gasteiger charge is 2.17. The number of carbonyl (C=O) groups excluding carboxylic acids is 1. The highest BCUT2D eigenvalue weighted by Crippen LogP contribution is 2.29. The highest BCUT2D eigenvalue weighted by atomic mass is 16.5. The summed E-state index contributed by atoms with van der Waals surface area (Å²) in [5.41, 5.74) is 2.57. The Labute approximate surface area is 149 Å². The number of nitrogens with one attached hydrogen (secondary N) is 1. The van der Waals surface area contributed by atoms with Gasteiger partial charge in [-0.2, -0.15) is 0 Å². The van der Waals surface area contributed by atoms with Crippen molar-refractivity contribution in [2.75, 3.05) is 23.3 Å². The van der Waals surface area contributed by atoms with E-state index in [9.17, 15) is 4.79 Å². The maximum Gasteiger partial charge on any atom is 0.255 e. The topological polar surface area (TPSA) is 41.6 Å². The molecule has 1 aliphatic rings. The van der Waals surface area contributed by atoms with Crippen LogP contribution in [0.4, 0.5) is 11.4 Å². The highest BCUT2D eigenvalue weighted by molar-refractivity contribution is 6.06. The van der Waals surface area contributed by atoms with Crippen LogP contribution < -0.4 is 15.0 Å². The van der Waals surface area contributed by atoms with E-state index in [1.54, 1.807) is 6.07 Å². The minimum absolute atomic E-state index is 0.110. The fourth-order valence-electron chi connectivity index (χ4n) is 3.03. The molecule has 0 aromatic heterocycles. The first-order valence-corrected chi connectivity index (χ1v) is 9.09. The van der Waals surface area contributed by atoms with Gasteiger partial charge in [-0.1, -0.05) is 25.1 Å². The Bertz CT molecular complexity index is 723. The van der Waals surface area contributed by atoms with E-state index >= 15 is 0 Å². The summed E-state index contributed by atoms with van der Waals surface area (Å²) in [5.74, 6) is 0.621. The van der Waals surface area contributed by atoms with Crippen molar-refractivity contribution in [1.29, 1.82) is 0 Å². The Morgan fingerprint density at radius 1 is 1.16 bits per heavy atom. The van der Waals surface area contributed by atoms with Crippen LogP contribution in [-0.4, -0.2) is 25.1 Å². The van der Waals surface area contributed by atoms with E-state index < -0.39 is 0 Å². The minimum Gasteiger partial charge on any atom is -0.491 e. The summed E-state index contributed by atoms with van der Waals surface area (Å²) in [7, 11) is 0. The fraction of sp³-hybridized carbons (Fsp3) is 0.381. The van der Waals surface area contributed by atoms with Gasteiger partial charge >= 0.3 is 0 Å². The van der Waals surface area contributed by atoms with Crippen molar-refractivity contribution in [3.63, 3.8) is 0 Å². The summed E-state index contributed by atoms with van der Waals surface area (Å²) in [6.07, 6.45) is 3.47. The van der Waals surface area contributed by atoms with Gasteiger partial charge in [0, 0.05) is 18.7 Å². The van der Waals surface area contributed by atoms with Gasteiger partial charge in [0.15, 0.2) is 0 Å². The molecular weight excluding hydrogens is 312 g/mol. The zero-order chi connectivity index (χ0) is 17.6. The van der Waals surface area contributed by atoms with Gasteiger partial charge in [0.2, 0.25) is 0 Å². The average Bonchev–Trinajstić information content (AvgIpc) is 3.16. The third-order valence-electron chi connectivity index (χ3n) is 4.61. The average molecular weight is 338 g/mol. The SMILES string of the molecule is CCC(C)Oc1cccc(C(=O)Nc2ccccc2N2CCCC2)c1. The van der Waals surface area contributed by atoms with Gasteiger partial charge in [0.1, 0.15) is 5.75 Å². The van der Waals surface area contributed by atoms with Crippen molar-refractivity contribution >= 4 is 17.3 Å². The molecule has 1 heterocycles. The molecule has 0 aliphatic carbocycles. The molecule has 1 fully saturated rings. The first-order chi connectivity index (χ1) is 12.2. The largest absolute Gasteiger partial charge is 0.491 e. The maximum absolute atomic E-state index is 12.7. The van der Waals surface area contributed by atoms with Crippen molar-refractivity contribution in [3.05, 3.63) is 54.1 Å². The molecule has 25 heavy (non-hydrogen) atoms. The van der Waals surface area contributed by atoms with Crippen LogP contribution in [0.5, 0.6) is 5.75 Å². The van der Waals surface area contributed by atoms with Crippen LogP contribution in [0.3, 0.4) is 0 Å². The van der Waals surface area contributed by atoms with Gasteiger partial charge in [-0.05, 0) is 56.5 Å². The van der Waals surface area contributed by atoms with Gasteiger partial charge in [0.25, 0.3) is 5.91 Å². The first kappa shape index (κ1) is 17.3. The van der Waals surface area contributed by atoms with Gasteiger partial charge in [0.05, 0.1) is 17.5 Å². The molecule has 0 bridgehead atoms. The molecule has 2 aromatic carbocycles. The van der Waals surface area contributed by atoms with E-state index in [0.29, 0.717) is 5.56 Å². The summed E-state index contributed by atoms with van der Waals surface area (Å²) < 4.78 is 5.82. The molecule has 0 spiro atoms. The van der Waals surface area contributed by atoms with Crippen molar-refractivity contribution in [3.8, 4) is 5.75 Å². The lowest BCUT2D eigenvalue weighted by Crippen LogP contribution is -2.21. The van der Waals surface area contributed by atoms with E-state index in [4.69, 9.17) is 4.74 Å². The molecule has 1 atom stereocenters. The Kier molecular flexibility index (Phi) is 5.59. The third kappa shape index (κ3) is 4.32. The van der Waals surface area contributed by atoms with E-state index in [1.165, 1.54) is 12.8 Å². The second-order valence-corrected chi connectivity index (χ2v) is 6.53. The van der Waals surface area contributed by atoms with Crippen LogP contribution in [0.25, 0.3) is 0 Å². The molecule has 1 aliphatic heterocycles. The Morgan fingerprint density at radius 3 is 2.68 bits per heavy atom. The van der Waals surface area contributed by atoms with E-state index in [0.717, 1.165) is 36.6 Å². The van der Waals surface area contributed by atoms with E-state index in [-0.39, 0.29) is 12.0 Å². The lowest BCUT2D eigenvalue weighted by Gasteiger charge is -2.21. The zero-order valence-electron chi connectivity index (χ0n) is 15.0. The lowest BCUT2D eigenvalue weighted by atomic mass is 10.1. The first-order valence-electron chi connectivity index (χ1n) is 9.09. The molecule has 1 saturated heterocycles. The number of hydrogen-bond acceptors (Lipinski definition) is 3. The second kappa shape index (κ2) is 8.06. The lowest BCUT2D eigenvalue weighted by molar-refractivity contribution is 0.102. The monoisotopic (exact) mass is 338 g/mol. The van der Waals surface area contributed by atoms with Crippen molar-refractivity contribution < 1.29 is 9.53 Å². The molecule has 1 N–H and O–H groups in total. The number of rotatable bonds is 6. The molecule has 132 valence electrons. The fourth-order valence-corrected chi connectivity index (χ4v) is 3.03. The molecule has 1 unspecified atom stereocenters. The predicted octanol–water partition coefficient (Wildman–Crippen LogP) is 4.72. The van der Waals surface area contributed by atoms with Crippen LogP contribution >= 0.6 is 0 Å². The molecule has 3 rings (SSSR count). The van der Waals surface area contributed by atoms with Crippen LogP contribution in [0.15, 0.2) is 48.5 Å². The number of nitrogens with zero attached hydrogens (tertiary/aromatic N) is 1. The second-order valence-electron chi connectivity index (χ2n) is 6.53. The third-order valence-corrected chi connectivity index (χ3v) is 4.61. The van der Waals surface area contributed by atoms with Crippen LogP contribution in [0.1, 0.15) is 43.5 Å². The zero-order valence-corrected chi connectivity index (χ0v) is 15.0. The molecule has 1 amide bonds. The summed E-state index contributed by atoms with van der Waals surface area (Å²) >= 11 is 0. The minimum atomic E-state index is -0.110. The molecule has 4 nitrogen and oxygen atoms in total. The van der Waals surface area contributed by atoms with Crippen LogP contribution in [-0.2, 0) is 0 Å². The van der Waals surface area contributed by atoms with E-state index in [1.807, 2.05) is 43.3 Å². The molecule has 0 radical (unpaired) electrons. The quantitative estimate of drug-likeness (QED) is 0.829. The number of carbonyl (C=O) groups is 1.